The summed E-state index contributed by atoms with van der Waals surface area (Å²) in [6, 6.07) is 0. The summed E-state index contributed by atoms with van der Waals surface area (Å²) in [6.45, 7) is 6.32. The lowest BCUT2D eigenvalue weighted by Gasteiger charge is -2.61. The zero-order valence-corrected chi connectivity index (χ0v) is 17.5. The molecule has 0 radical (unpaired) electrons. The number of carbonyl (C=O) groups is 1. The molecule has 0 N–H and O–H groups in total. The highest BCUT2D eigenvalue weighted by molar-refractivity contribution is 5.98. The van der Waals surface area contributed by atoms with E-state index in [1.807, 2.05) is 6.08 Å². The molecule has 1 aliphatic heterocycles. The van der Waals surface area contributed by atoms with Gasteiger partial charge in [0.05, 0.1) is 13.2 Å². The number of hydrogen-bond donors (Lipinski definition) is 0. The van der Waals surface area contributed by atoms with Crippen LogP contribution in [0.3, 0.4) is 0 Å². The lowest BCUT2D eigenvalue weighted by molar-refractivity contribution is -0.219. The van der Waals surface area contributed by atoms with Crippen LogP contribution < -0.4 is 0 Å². The number of carbonyl (C=O) groups excluding carboxylic acids is 1. The zero-order valence-electron chi connectivity index (χ0n) is 17.5. The van der Waals surface area contributed by atoms with Crippen molar-refractivity contribution in [2.45, 2.75) is 77.4 Å². The first kappa shape index (κ1) is 17.1. The van der Waals surface area contributed by atoms with E-state index in [0.717, 1.165) is 30.6 Å². The minimum Gasteiger partial charge on any atom is -0.341 e. The van der Waals surface area contributed by atoms with Crippen LogP contribution in [0.15, 0.2) is 11.6 Å². The molecule has 8 atom stereocenters. The second-order valence-corrected chi connectivity index (χ2v) is 11.6. The molecule has 3 heteroatoms. The molecule has 1 saturated heterocycles. The van der Waals surface area contributed by atoms with Crippen LogP contribution in [0.5, 0.6) is 0 Å². The Kier molecular flexibility index (Phi) is 3.02. The maximum atomic E-state index is 13.3. The van der Waals surface area contributed by atoms with Crippen molar-refractivity contribution in [3.63, 3.8) is 0 Å². The maximum Gasteiger partial charge on any atom is 0.236 e. The average Bonchev–Trinajstić information content (AvgIpc) is 3.34. The van der Waals surface area contributed by atoms with Gasteiger partial charge in [0.15, 0.2) is 0 Å². The van der Waals surface area contributed by atoms with Crippen molar-refractivity contribution in [2.75, 3.05) is 13.2 Å². The second-order valence-electron chi connectivity index (χ2n) is 11.6. The van der Waals surface area contributed by atoms with Crippen molar-refractivity contribution in [3.8, 4) is 0 Å². The Bertz CT molecular complexity index is 794. The standard InChI is InChI=1S/C25H34O3/c1-3-23-8-9-24-14-16(23)13-19-21-15(12-20(26)25(19)27-10-11-28-25)4-5-18(24)17(21)6-7-22(23,24)2/h12,16-19,21H,3-11,13-14H2,1-2H3/t16?,17?,18?,19?,21-,22+,23+,24?/m0/s1. The van der Waals surface area contributed by atoms with Gasteiger partial charge < -0.3 is 9.47 Å². The highest BCUT2D eigenvalue weighted by Crippen LogP contribution is 2.85. The van der Waals surface area contributed by atoms with Gasteiger partial charge in [0.1, 0.15) is 0 Å². The average molecular weight is 383 g/mol. The van der Waals surface area contributed by atoms with Gasteiger partial charge in [0.25, 0.3) is 0 Å². The number of fused-ring (bicyclic) bond motifs is 3. The molecular weight excluding hydrogens is 348 g/mol. The number of hydrogen-bond acceptors (Lipinski definition) is 3. The molecule has 6 fully saturated rings. The van der Waals surface area contributed by atoms with Gasteiger partial charge in [-0.1, -0.05) is 19.4 Å². The van der Waals surface area contributed by atoms with Gasteiger partial charge in [0.2, 0.25) is 11.6 Å². The summed E-state index contributed by atoms with van der Waals surface area (Å²) in [5.41, 5.74) is 3.05. The topological polar surface area (TPSA) is 35.5 Å². The number of ketones is 1. The number of ether oxygens (including phenoxy) is 2. The molecule has 0 aromatic rings. The van der Waals surface area contributed by atoms with Gasteiger partial charge in [-0.05, 0) is 104 Å². The summed E-state index contributed by atoms with van der Waals surface area (Å²) >= 11 is 0. The smallest absolute Gasteiger partial charge is 0.236 e. The number of allylic oxidation sites excluding steroid dienone is 1. The molecule has 6 aliphatic carbocycles. The van der Waals surface area contributed by atoms with Crippen LogP contribution in [0.25, 0.3) is 0 Å². The quantitative estimate of drug-likeness (QED) is 0.647. The predicted octanol–water partition coefficient (Wildman–Crippen LogP) is 4.90. The molecule has 152 valence electrons. The van der Waals surface area contributed by atoms with Gasteiger partial charge in [-0.25, -0.2) is 0 Å². The summed E-state index contributed by atoms with van der Waals surface area (Å²) in [7, 11) is 0. The minimum atomic E-state index is -0.948. The van der Waals surface area contributed by atoms with Crippen molar-refractivity contribution in [3.05, 3.63) is 11.6 Å². The molecule has 7 aliphatic rings. The predicted molar refractivity (Wildman–Crippen MR) is 105 cm³/mol. The van der Waals surface area contributed by atoms with Gasteiger partial charge in [-0.15, -0.1) is 0 Å². The van der Waals surface area contributed by atoms with E-state index >= 15 is 0 Å². The minimum absolute atomic E-state index is 0.129. The summed E-state index contributed by atoms with van der Waals surface area (Å²) in [5.74, 6) is 2.33. The Morgan fingerprint density at radius 2 is 1.93 bits per heavy atom. The van der Waals surface area contributed by atoms with Crippen molar-refractivity contribution >= 4 is 5.78 Å². The highest BCUT2D eigenvalue weighted by atomic mass is 16.7. The van der Waals surface area contributed by atoms with E-state index in [0.29, 0.717) is 35.4 Å². The fourth-order valence-electron chi connectivity index (χ4n) is 11.1. The molecule has 0 aromatic heterocycles. The number of rotatable bonds is 1. The van der Waals surface area contributed by atoms with Crippen molar-refractivity contribution in [1.29, 1.82) is 0 Å². The lowest BCUT2D eigenvalue weighted by atomic mass is 9.44. The second kappa shape index (κ2) is 4.97. The van der Waals surface area contributed by atoms with Gasteiger partial charge in [-0.3, -0.25) is 4.79 Å². The van der Waals surface area contributed by atoms with Crippen molar-refractivity contribution in [2.24, 2.45) is 45.8 Å². The Hall–Kier alpha value is -0.670. The molecule has 7 rings (SSSR count). The van der Waals surface area contributed by atoms with Crippen molar-refractivity contribution < 1.29 is 14.3 Å². The van der Waals surface area contributed by atoms with E-state index in [-0.39, 0.29) is 11.7 Å². The van der Waals surface area contributed by atoms with Crippen LogP contribution in [0.1, 0.15) is 71.6 Å². The SMILES string of the molecule is CC[C@@]12CCC34CC1CC1[C@H]5C(=CC(=O)C16OCCO6)CCC3C5CC[C@@]42C. The van der Waals surface area contributed by atoms with E-state index in [2.05, 4.69) is 13.8 Å². The molecular formula is C25H34O3. The summed E-state index contributed by atoms with van der Waals surface area (Å²) < 4.78 is 12.5. The molecule has 2 spiro atoms. The summed E-state index contributed by atoms with van der Waals surface area (Å²) in [6.07, 6.45) is 14.0. The van der Waals surface area contributed by atoms with Crippen LogP contribution in [0, 0.1) is 45.8 Å². The normalized spacial score (nSPS) is 57.4. The molecule has 5 unspecified atom stereocenters. The first-order valence-corrected chi connectivity index (χ1v) is 12.0. The van der Waals surface area contributed by atoms with Crippen LogP contribution >= 0.6 is 0 Å². The largest absolute Gasteiger partial charge is 0.341 e. The van der Waals surface area contributed by atoms with Crippen LogP contribution in [0.2, 0.25) is 0 Å². The van der Waals surface area contributed by atoms with Crippen LogP contribution in [-0.2, 0) is 14.3 Å². The zero-order chi connectivity index (χ0) is 18.9. The molecule has 1 heterocycles. The van der Waals surface area contributed by atoms with E-state index in [1.54, 1.807) is 0 Å². The molecule has 6 bridgehead atoms. The van der Waals surface area contributed by atoms with E-state index in [4.69, 9.17) is 9.47 Å². The fraction of sp³-hybridized carbons (Fsp3) is 0.880. The van der Waals surface area contributed by atoms with Crippen molar-refractivity contribution in [1.82, 2.24) is 0 Å². The first-order valence-electron chi connectivity index (χ1n) is 12.0. The first-order chi connectivity index (χ1) is 13.5. The van der Waals surface area contributed by atoms with Gasteiger partial charge >= 0.3 is 0 Å². The fourth-order valence-corrected chi connectivity index (χ4v) is 11.1. The molecule has 0 aromatic carbocycles. The Morgan fingerprint density at radius 3 is 2.71 bits per heavy atom. The third-order valence-electron chi connectivity index (χ3n) is 11.9. The monoisotopic (exact) mass is 382 g/mol. The summed E-state index contributed by atoms with van der Waals surface area (Å²) in [4.78, 5) is 13.3. The summed E-state index contributed by atoms with van der Waals surface area (Å²) in [5, 5.41) is 0. The highest BCUT2D eigenvalue weighted by Gasteiger charge is 2.78. The van der Waals surface area contributed by atoms with E-state index < -0.39 is 5.79 Å². The molecule has 3 nitrogen and oxygen atoms in total. The molecule has 28 heavy (non-hydrogen) atoms. The van der Waals surface area contributed by atoms with Gasteiger partial charge in [0, 0.05) is 5.92 Å². The Morgan fingerprint density at radius 1 is 1.11 bits per heavy atom. The molecule has 5 saturated carbocycles. The van der Waals surface area contributed by atoms with Crippen LogP contribution in [0.4, 0.5) is 0 Å². The van der Waals surface area contributed by atoms with Gasteiger partial charge in [-0.2, -0.15) is 0 Å². The van der Waals surface area contributed by atoms with Crippen LogP contribution in [-0.4, -0.2) is 24.8 Å². The third kappa shape index (κ3) is 1.49. The third-order valence-corrected chi connectivity index (χ3v) is 11.9. The molecule has 0 amide bonds. The maximum absolute atomic E-state index is 13.3. The van der Waals surface area contributed by atoms with E-state index in [1.165, 1.54) is 50.5 Å². The Labute approximate surface area is 168 Å². The van der Waals surface area contributed by atoms with E-state index in [9.17, 15) is 4.79 Å². The Balaban J connectivity index is 1.47. The lowest BCUT2D eigenvalue weighted by Crippen LogP contribution is -2.59.